The molecular formula is C21H25N3O3. The zero-order valence-electron chi connectivity index (χ0n) is 15.6. The van der Waals surface area contributed by atoms with Crippen molar-refractivity contribution in [1.82, 2.24) is 9.97 Å². The molecule has 1 aliphatic rings. The molecule has 2 heterocycles. The van der Waals surface area contributed by atoms with Crippen molar-refractivity contribution in [2.24, 2.45) is 0 Å². The van der Waals surface area contributed by atoms with Gasteiger partial charge in [0.2, 0.25) is 5.95 Å². The molecule has 0 saturated carbocycles. The smallest absolute Gasteiger partial charge is 0.329 e. The molecule has 1 aliphatic heterocycles. The van der Waals surface area contributed by atoms with Gasteiger partial charge in [-0.25, -0.2) is 14.8 Å². The maximum absolute atomic E-state index is 12.6. The minimum Gasteiger partial charge on any atom is -0.456 e. The number of hydrogen-bond donors (Lipinski definition) is 0. The lowest BCUT2D eigenvalue weighted by atomic mass is 10.0. The Bertz CT molecular complexity index is 762. The quantitative estimate of drug-likeness (QED) is 0.553. The van der Waals surface area contributed by atoms with Gasteiger partial charge in [-0.2, -0.15) is 0 Å². The number of hydrogen-bond acceptors (Lipinski definition) is 6. The van der Waals surface area contributed by atoms with Gasteiger partial charge in [-0.05, 0) is 37.3 Å². The van der Waals surface area contributed by atoms with Crippen LogP contribution in [0.2, 0.25) is 0 Å². The van der Waals surface area contributed by atoms with Gasteiger partial charge < -0.3 is 9.64 Å². The first kappa shape index (κ1) is 19.0. The number of Topliss-reactive ketones (excluding diaryl/α,β-unsaturated/α-hetero) is 1. The summed E-state index contributed by atoms with van der Waals surface area (Å²) < 4.78 is 5.34. The molecule has 3 rings (SSSR count). The fourth-order valence-electron chi connectivity index (χ4n) is 3.32. The summed E-state index contributed by atoms with van der Waals surface area (Å²) in [7, 11) is 0. The fraction of sp³-hybridized carbons (Fsp3) is 0.429. The molecule has 0 N–H and O–H groups in total. The van der Waals surface area contributed by atoms with Gasteiger partial charge in [0.25, 0.3) is 0 Å². The highest BCUT2D eigenvalue weighted by atomic mass is 16.5. The molecule has 0 radical (unpaired) electrons. The number of carbonyl (C=O) groups excluding carboxylic acids is 2. The molecule has 2 aromatic rings. The Kier molecular flexibility index (Phi) is 6.52. The van der Waals surface area contributed by atoms with Crippen molar-refractivity contribution in [1.29, 1.82) is 0 Å². The van der Waals surface area contributed by atoms with E-state index in [1.54, 1.807) is 30.6 Å². The average Bonchev–Trinajstić information content (AvgIpc) is 2.73. The van der Waals surface area contributed by atoms with Gasteiger partial charge >= 0.3 is 5.97 Å². The van der Waals surface area contributed by atoms with E-state index in [1.165, 1.54) is 5.56 Å². The number of aryl methyl sites for hydroxylation is 1. The predicted molar refractivity (Wildman–Crippen MR) is 103 cm³/mol. The molecule has 1 atom stereocenters. The molecule has 1 aromatic heterocycles. The van der Waals surface area contributed by atoms with Crippen molar-refractivity contribution in [3.8, 4) is 0 Å². The maximum atomic E-state index is 12.6. The van der Waals surface area contributed by atoms with Crippen molar-refractivity contribution in [3.05, 3.63) is 53.9 Å². The first-order valence-corrected chi connectivity index (χ1v) is 9.51. The summed E-state index contributed by atoms with van der Waals surface area (Å²) in [6, 6.07) is 8.80. The van der Waals surface area contributed by atoms with Crippen LogP contribution in [0.15, 0.2) is 42.7 Å². The highest BCUT2D eigenvalue weighted by molar-refractivity contribution is 5.98. The molecule has 0 spiro atoms. The maximum Gasteiger partial charge on any atom is 0.329 e. The molecule has 6 heteroatoms. The Hall–Kier alpha value is -2.76. The number of nitrogens with zero attached hydrogens (tertiary/aromatic N) is 3. The van der Waals surface area contributed by atoms with Crippen LogP contribution in [0, 0.1) is 0 Å². The van der Waals surface area contributed by atoms with Gasteiger partial charge in [-0.15, -0.1) is 0 Å². The number of piperidine rings is 1. The van der Waals surface area contributed by atoms with Crippen molar-refractivity contribution in [2.75, 3.05) is 18.1 Å². The third kappa shape index (κ3) is 4.90. The van der Waals surface area contributed by atoms with Crippen molar-refractivity contribution in [2.45, 2.75) is 45.1 Å². The van der Waals surface area contributed by atoms with E-state index >= 15 is 0 Å². The second kappa shape index (κ2) is 9.26. The highest BCUT2D eigenvalue weighted by Crippen LogP contribution is 2.22. The third-order valence-electron chi connectivity index (χ3n) is 4.74. The number of ether oxygens (including phenoxy) is 1. The van der Waals surface area contributed by atoms with Crippen molar-refractivity contribution >= 4 is 17.7 Å². The first-order chi connectivity index (χ1) is 13.2. The van der Waals surface area contributed by atoms with Crippen molar-refractivity contribution in [3.63, 3.8) is 0 Å². The Morgan fingerprint density at radius 2 is 1.89 bits per heavy atom. The Morgan fingerprint density at radius 3 is 2.59 bits per heavy atom. The topological polar surface area (TPSA) is 72.4 Å². The van der Waals surface area contributed by atoms with E-state index in [2.05, 4.69) is 16.9 Å². The second-order valence-corrected chi connectivity index (χ2v) is 6.73. The normalized spacial score (nSPS) is 16.8. The van der Waals surface area contributed by atoms with Gasteiger partial charge in [0.1, 0.15) is 6.04 Å². The summed E-state index contributed by atoms with van der Waals surface area (Å²) in [6.07, 6.45) is 7.96. The van der Waals surface area contributed by atoms with Crippen LogP contribution in [0.4, 0.5) is 5.95 Å². The van der Waals surface area contributed by atoms with Gasteiger partial charge in [0, 0.05) is 24.5 Å². The molecule has 142 valence electrons. The first-order valence-electron chi connectivity index (χ1n) is 9.51. The molecule has 6 nitrogen and oxygen atoms in total. The third-order valence-corrected chi connectivity index (χ3v) is 4.74. The van der Waals surface area contributed by atoms with Crippen LogP contribution < -0.4 is 4.90 Å². The summed E-state index contributed by atoms with van der Waals surface area (Å²) in [5, 5.41) is 0. The van der Waals surface area contributed by atoms with Crippen molar-refractivity contribution < 1.29 is 14.3 Å². The SMILES string of the molecule is CCCc1ccc(C(=O)COC(=O)C2CCCCN2c2ncccn2)cc1. The average molecular weight is 367 g/mol. The zero-order valence-corrected chi connectivity index (χ0v) is 15.6. The zero-order chi connectivity index (χ0) is 19.1. The van der Waals surface area contributed by atoms with Crippen LogP contribution in [0.25, 0.3) is 0 Å². The van der Waals surface area contributed by atoms with E-state index in [4.69, 9.17) is 4.74 Å². The molecule has 1 saturated heterocycles. The van der Waals surface area contributed by atoms with E-state index < -0.39 is 12.0 Å². The minimum atomic E-state index is -0.444. The predicted octanol–water partition coefficient (Wildman–Crippen LogP) is 3.21. The monoisotopic (exact) mass is 367 g/mol. The van der Waals surface area contributed by atoms with E-state index in [-0.39, 0.29) is 12.4 Å². The Morgan fingerprint density at radius 1 is 1.15 bits per heavy atom. The molecule has 27 heavy (non-hydrogen) atoms. The number of ketones is 1. The molecular weight excluding hydrogens is 342 g/mol. The van der Waals surface area contributed by atoms with Crippen LogP contribution in [-0.2, 0) is 16.0 Å². The van der Waals surface area contributed by atoms with Crippen LogP contribution >= 0.6 is 0 Å². The Labute approximate surface area is 159 Å². The van der Waals surface area contributed by atoms with Crippen LogP contribution in [-0.4, -0.2) is 40.9 Å². The molecule has 0 aliphatic carbocycles. The number of benzene rings is 1. The fourth-order valence-corrected chi connectivity index (χ4v) is 3.32. The summed E-state index contributed by atoms with van der Waals surface area (Å²) in [5.74, 6) is -0.0557. The number of rotatable bonds is 7. The minimum absolute atomic E-state index is 0.190. The summed E-state index contributed by atoms with van der Waals surface area (Å²) in [6.45, 7) is 2.58. The highest BCUT2D eigenvalue weighted by Gasteiger charge is 2.32. The van der Waals surface area contributed by atoms with Gasteiger partial charge in [-0.3, -0.25) is 4.79 Å². The summed E-state index contributed by atoms with van der Waals surface area (Å²) in [4.78, 5) is 35.3. The van der Waals surface area contributed by atoms with Crippen LogP contribution in [0.1, 0.15) is 48.5 Å². The second-order valence-electron chi connectivity index (χ2n) is 6.73. The van der Waals surface area contributed by atoms with E-state index in [0.29, 0.717) is 24.5 Å². The standard InChI is InChI=1S/C21H25N3O3/c1-2-6-16-8-10-17(11-9-16)19(25)15-27-20(26)18-7-3-4-14-24(18)21-22-12-5-13-23-21/h5,8-13,18H,2-4,6-7,14-15H2,1H3. The van der Waals surface area contributed by atoms with Crippen LogP contribution in [0.3, 0.4) is 0 Å². The molecule has 1 aromatic carbocycles. The molecule has 1 unspecified atom stereocenters. The molecule has 0 amide bonds. The lowest BCUT2D eigenvalue weighted by molar-refractivity contribution is -0.144. The summed E-state index contributed by atoms with van der Waals surface area (Å²) >= 11 is 0. The Balaban J connectivity index is 1.59. The lowest BCUT2D eigenvalue weighted by Gasteiger charge is -2.33. The van der Waals surface area contributed by atoms with E-state index in [1.807, 2.05) is 17.0 Å². The lowest BCUT2D eigenvalue weighted by Crippen LogP contribution is -2.46. The number of anilines is 1. The largest absolute Gasteiger partial charge is 0.456 e. The molecule has 1 fully saturated rings. The van der Waals surface area contributed by atoms with Gasteiger partial charge in [0.05, 0.1) is 0 Å². The number of carbonyl (C=O) groups is 2. The van der Waals surface area contributed by atoms with Crippen LogP contribution in [0.5, 0.6) is 0 Å². The molecule has 0 bridgehead atoms. The van der Waals surface area contributed by atoms with E-state index in [9.17, 15) is 9.59 Å². The van der Waals surface area contributed by atoms with Gasteiger partial charge in [-0.1, -0.05) is 37.6 Å². The van der Waals surface area contributed by atoms with E-state index in [0.717, 1.165) is 25.7 Å². The number of aromatic nitrogens is 2. The number of esters is 1. The van der Waals surface area contributed by atoms with Gasteiger partial charge in [0.15, 0.2) is 12.4 Å². The summed E-state index contributed by atoms with van der Waals surface area (Å²) in [5.41, 5.74) is 1.77.